The Morgan fingerprint density at radius 3 is 2.59 bits per heavy atom. The molecule has 2 aliphatic heterocycles. The second kappa shape index (κ2) is 11.3. The van der Waals surface area contributed by atoms with E-state index in [1.165, 1.54) is 0 Å². The molecule has 34 heavy (non-hydrogen) atoms. The van der Waals surface area contributed by atoms with Gasteiger partial charge in [0.2, 0.25) is 11.8 Å². The van der Waals surface area contributed by atoms with Crippen molar-refractivity contribution in [1.29, 1.82) is 0 Å². The second-order valence-electron chi connectivity index (χ2n) is 8.76. The summed E-state index contributed by atoms with van der Waals surface area (Å²) in [5.41, 5.74) is 0.369. The van der Waals surface area contributed by atoms with Crippen LogP contribution in [-0.2, 0) is 4.79 Å². The molecule has 9 nitrogen and oxygen atoms in total. The molecule has 0 spiro atoms. The standard InChI is InChI=1S/C25H32N4O5/c1-27-13-14-28(17-23(31)29-11-8-19(18-30)9-12-29)15-16-33-21-6-2-3-7-22(21)34-24-20(25(27)32)5-4-10-26-24/h2-7,10,19,30H,8-9,11-18H2,1H3. The number of pyridine rings is 1. The molecule has 4 rings (SSSR count). The summed E-state index contributed by atoms with van der Waals surface area (Å²) in [4.78, 5) is 35.9. The Labute approximate surface area is 199 Å². The molecule has 182 valence electrons. The van der Waals surface area contributed by atoms with Gasteiger partial charge in [0.05, 0.1) is 6.54 Å². The molecule has 0 radical (unpaired) electrons. The lowest BCUT2D eigenvalue weighted by Gasteiger charge is -2.33. The summed E-state index contributed by atoms with van der Waals surface area (Å²) in [7, 11) is 1.74. The fraction of sp³-hybridized carbons (Fsp3) is 0.480. The lowest BCUT2D eigenvalue weighted by Crippen LogP contribution is -2.47. The van der Waals surface area contributed by atoms with Crippen molar-refractivity contribution in [2.75, 3.05) is 59.5 Å². The first-order valence-electron chi connectivity index (χ1n) is 11.8. The highest BCUT2D eigenvalue weighted by molar-refractivity contribution is 5.96. The molecule has 0 saturated carbocycles. The fourth-order valence-electron chi connectivity index (χ4n) is 4.20. The average Bonchev–Trinajstić information content (AvgIpc) is 2.88. The smallest absolute Gasteiger partial charge is 0.259 e. The minimum Gasteiger partial charge on any atom is -0.488 e. The van der Waals surface area contributed by atoms with E-state index in [0.717, 1.165) is 12.8 Å². The largest absolute Gasteiger partial charge is 0.488 e. The predicted molar refractivity (Wildman–Crippen MR) is 126 cm³/mol. The summed E-state index contributed by atoms with van der Waals surface area (Å²) in [6.45, 7) is 3.64. The number of amides is 2. The zero-order chi connectivity index (χ0) is 23.9. The van der Waals surface area contributed by atoms with Crippen LogP contribution in [0.15, 0.2) is 42.6 Å². The maximum atomic E-state index is 13.1. The zero-order valence-electron chi connectivity index (χ0n) is 19.6. The number of likely N-dealkylation sites (tertiary alicyclic amines) is 1. The summed E-state index contributed by atoms with van der Waals surface area (Å²) >= 11 is 0. The Kier molecular flexibility index (Phi) is 7.97. The Morgan fingerprint density at radius 1 is 1.06 bits per heavy atom. The van der Waals surface area contributed by atoms with Crippen LogP contribution in [-0.4, -0.2) is 96.1 Å². The average molecular weight is 469 g/mol. The molecule has 0 unspecified atom stereocenters. The van der Waals surface area contributed by atoms with Gasteiger partial charge in [0.15, 0.2) is 11.5 Å². The van der Waals surface area contributed by atoms with E-state index in [9.17, 15) is 14.7 Å². The zero-order valence-corrected chi connectivity index (χ0v) is 19.6. The van der Waals surface area contributed by atoms with Crippen molar-refractivity contribution >= 4 is 11.8 Å². The van der Waals surface area contributed by atoms with Gasteiger partial charge in [-0.3, -0.25) is 14.5 Å². The highest BCUT2D eigenvalue weighted by Gasteiger charge is 2.25. The molecule has 1 fully saturated rings. The van der Waals surface area contributed by atoms with Crippen molar-refractivity contribution in [3.05, 3.63) is 48.2 Å². The van der Waals surface area contributed by atoms with Gasteiger partial charge in [-0.1, -0.05) is 12.1 Å². The van der Waals surface area contributed by atoms with Gasteiger partial charge < -0.3 is 24.4 Å². The lowest BCUT2D eigenvalue weighted by atomic mass is 9.98. The van der Waals surface area contributed by atoms with E-state index in [4.69, 9.17) is 9.47 Å². The normalized spacial score (nSPS) is 18.5. The van der Waals surface area contributed by atoms with Crippen LogP contribution < -0.4 is 9.47 Å². The molecule has 0 atom stereocenters. The number of carbonyl (C=O) groups excluding carboxylic acids is 2. The molecule has 2 amide bonds. The first kappa shape index (κ1) is 24.0. The molecule has 3 heterocycles. The highest BCUT2D eigenvalue weighted by atomic mass is 16.5. The quantitative estimate of drug-likeness (QED) is 0.735. The van der Waals surface area contributed by atoms with Crippen LogP contribution in [0, 0.1) is 5.92 Å². The Morgan fingerprint density at radius 2 is 1.82 bits per heavy atom. The van der Waals surface area contributed by atoms with Gasteiger partial charge in [0.1, 0.15) is 12.2 Å². The monoisotopic (exact) mass is 468 g/mol. The number of rotatable bonds is 3. The Hall–Kier alpha value is -3.17. The van der Waals surface area contributed by atoms with Gasteiger partial charge in [0.25, 0.3) is 5.91 Å². The molecule has 1 aromatic carbocycles. The summed E-state index contributed by atoms with van der Waals surface area (Å²) in [5, 5.41) is 9.35. The molecule has 1 saturated heterocycles. The number of fused-ring (bicyclic) bond motifs is 2. The number of aromatic nitrogens is 1. The molecular formula is C25H32N4O5. The number of aliphatic hydroxyl groups is 1. The molecule has 1 N–H and O–H groups in total. The summed E-state index contributed by atoms with van der Waals surface area (Å²) < 4.78 is 12.0. The number of benzene rings is 1. The topological polar surface area (TPSA) is 95.4 Å². The molecule has 0 bridgehead atoms. The molecule has 0 aliphatic carbocycles. The Balaban J connectivity index is 1.50. The Bertz CT molecular complexity index is 993. The first-order chi connectivity index (χ1) is 16.5. The van der Waals surface area contributed by atoms with Crippen LogP contribution in [0.2, 0.25) is 0 Å². The van der Waals surface area contributed by atoms with E-state index in [0.29, 0.717) is 56.4 Å². The van der Waals surface area contributed by atoms with Gasteiger partial charge in [0, 0.05) is 52.6 Å². The van der Waals surface area contributed by atoms with E-state index >= 15 is 0 Å². The van der Waals surface area contributed by atoms with Gasteiger partial charge in [-0.2, -0.15) is 0 Å². The highest BCUT2D eigenvalue weighted by Crippen LogP contribution is 2.32. The first-order valence-corrected chi connectivity index (χ1v) is 11.8. The van der Waals surface area contributed by atoms with Crippen LogP contribution in [0.4, 0.5) is 0 Å². The van der Waals surface area contributed by atoms with Crippen LogP contribution in [0.3, 0.4) is 0 Å². The number of likely N-dealkylation sites (N-methyl/N-ethyl adjacent to an activating group) is 1. The van der Waals surface area contributed by atoms with Gasteiger partial charge in [-0.25, -0.2) is 4.98 Å². The number of hydrogen-bond acceptors (Lipinski definition) is 7. The van der Waals surface area contributed by atoms with Crippen molar-refractivity contribution in [2.24, 2.45) is 5.92 Å². The minimum absolute atomic E-state index is 0.0629. The van der Waals surface area contributed by atoms with E-state index in [2.05, 4.69) is 4.98 Å². The summed E-state index contributed by atoms with van der Waals surface area (Å²) in [5.74, 6) is 1.41. The van der Waals surface area contributed by atoms with E-state index in [-0.39, 0.29) is 36.8 Å². The summed E-state index contributed by atoms with van der Waals surface area (Å²) in [6.07, 6.45) is 3.24. The lowest BCUT2D eigenvalue weighted by molar-refractivity contribution is -0.134. The van der Waals surface area contributed by atoms with Crippen LogP contribution >= 0.6 is 0 Å². The third kappa shape index (κ3) is 5.84. The van der Waals surface area contributed by atoms with Crippen molar-refractivity contribution in [3.63, 3.8) is 0 Å². The minimum atomic E-state index is -0.196. The van der Waals surface area contributed by atoms with Crippen molar-refractivity contribution < 1.29 is 24.2 Å². The van der Waals surface area contributed by atoms with Crippen molar-refractivity contribution in [1.82, 2.24) is 19.7 Å². The van der Waals surface area contributed by atoms with Gasteiger partial charge in [-0.05, 0) is 43.0 Å². The number of carbonyl (C=O) groups is 2. The third-order valence-electron chi connectivity index (χ3n) is 6.41. The van der Waals surface area contributed by atoms with Crippen molar-refractivity contribution in [2.45, 2.75) is 12.8 Å². The predicted octanol–water partition coefficient (Wildman–Crippen LogP) is 1.87. The van der Waals surface area contributed by atoms with Crippen LogP contribution in [0.5, 0.6) is 17.4 Å². The third-order valence-corrected chi connectivity index (χ3v) is 6.41. The van der Waals surface area contributed by atoms with Crippen LogP contribution in [0.1, 0.15) is 23.2 Å². The van der Waals surface area contributed by atoms with Gasteiger partial charge >= 0.3 is 0 Å². The maximum absolute atomic E-state index is 13.1. The summed E-state index contributed by atoms with van der Waals surface area (Å²) in [6, 6.07) is 10.7. The van der Waals surface area contributed by atoms with E-state index < -0.39 is 0 Å². The van der Waals surface area contributed by atoms with Crippen LogP contribution in [0.25, 0.3) is 0 Å². The number of para-hydroxylation sites is 2. The number of aliphatic hydroxyl groups excluding tert-OH is 1. The molecular weight excluding hydrogens is 436 g/mol. The molecule has 2 aromatic rings. The van der Waals surface area contributed by atoms with E-state index in [1.807, 2.05) is 28.0 Å². The van der Waals surface area contributed by atoms with E-state index in [1.54, 1.807) is 36.3 Å². The number of piperidine rings is 1. The SMILES string of the molecule is CN1CCN(CC(=O)N2CCC(CO)CC2)CCOc2ccccc2Oc2ncccc2C1=O. The molecule has 1 aromatic heterocycles. The number of nitrogens with zero attached hydrogens (tertiary/aromatic N) is 4. The number of ether oxygens (including phenoxy) is 2. The maximum Gasteiger partial charge on any atom is 0.259 e. The fourth-order valence-corrected chi connectivity index (χ4v) is 4.20. The van der Waals surface area contributed by atoms with Gasteiger partial charge in [-0.15, -0.1) is 0 Å². The van der Waals surface area contributed by atoms with Crippen molar-refractivity contribution in [3.8, 4) is 17.4 Å². The number of hydrogen-bond donors (Lipinski definition) is 1. The second-order valence-corrected chi connectivity index (χ2v) is 8.76. The molecule has 2 aliphatic rings. The molecule has 9 heteroatoms.